The molecule has 0 atom stereocenters. The van der Waals surface area contributed by atoms with E-state index in [-0.39, 0.29) is 16.5 Å². The molecule has 1 fully saturated rings. The molecule has 0 aliphatic heterocycles. The summed E-state index contributed by atoms with van der Waals surface area (Å²) in [6, 6.07) is 3.26. The molecule has 9 nitrogen and oxygen atoms in total. The van der Waals surface area contributed by atoms with Crippen molar-refractivity contribution >= 4 is 27.9 Å². The topological polar surface area (TPSA) is 145 Å². The van der Waals surface area contributed by atoms with E-state index in [1.54, 1.807) is 0 Å². The van der Waals surface area contributed by atoms with E-state index in [9.17, 15) is 22.8 Å². The van der Waals surface area contributed by atoms with Gasteiger partial charge in [-0.3, -0.25) is 10.1 Å². The average molecular weight is 383 g/mol. The molecule has 0 radical (unpaired) electrons. The van der Waals surface area contributed by atoms with Crippen LogP contribution in [0.3, 0.4) is 0 Å². The number of esters is 1. The van der Waals surface area contributed by atoms with Crippen molar-refractivity contribution in [1.82, 2.24) is 10.6 Å². The highest BCUT2D eigenvalue weighted by Gasteiger charge is 2.20. The van der Waals surface area contributed by atoms with Gasteiger partial charge in [-0.15, -0.1) is 0 Å². The quantitative estimate of drug-likeness (QED) is 0.634. The van der Waals surface area contributed by atoms with E-state index in [0.29, 0.717) is 5.56 Å². The molecule has 0 heterocycles. The highest BCUT2D eigenvalue weighted by Crippen LogP contribution is 2.17. The minimum Gasteiger partial charge on any atom is -0.452 e. The van der Waals surface area contributed by atoms with Gasteiger partial charge < -0.3 is 10.1 Å². The molecule has 1 aromatic carbocycles. The van der Waals surface area contributed by atoms with E-state index < -0.39 is 34.5 Å². The number of hydrogen-bond acceptors (Lipinski definition) is 6. The lowest BCUT2D eigenvalue weighted by atomic mass is 10.1. The zero-order valence-electron chi connectivity index (χ0n) is 14.3. The Labute approximate surface area is 151 Å². The van der Waals surface area contributed by atoms with Crippen molar-refractivity contribution < 1.29 is 27.5 Å². The second kappa shape index (κ2) is 8.28. The molecule has 1 saturated carbocycles. The maximum absolute atomic E-state index is 12.0. The van der Waals surface area contributed by atoms with E-state index >= 15 is 0 Å². The summed E-state index contributed by atoms with van der Waals surface area (Å²) in [6.07, 6.45) is 3.81. The number of sulfonamides is 1. The lowest BCUT2D eigenvalue weighted by Crippen LogP contribution is -2.45. The number of aryl methyl sites for hydroxylation is 1. The molecule has 0 unspecified atom stereocenters. The Bertz CT molecular complexity index is 815. The van der Waals surface area contributed by atoms with Crippen molar-refractivity contribution in [2.75, 3.05) is 6.61 Å². The Kier molecular flexibility index (Phi) is 6.32. The van der Waals surface area contributed by atoms with Crippen molar-refractivity contribution in [1.29, 1.82) is 0 Å². The van der Waals surface area contributed by atoms with Gasteiger partial charge in [-0.1, -0.05) is 18.9 Å². The van der Waals surface area contributed by atoms with Crippen molar-refractivity contribution in [3.05, 3.63) is 29.3 Å². The Morgan fingerprint density at radius 1 is 1.23 bits per heavy atom. The number of benzene rings is 1. The van der Waals surface area contributed by atoms with Gasteiger partial charge in [0.25, 0.3) is 5.91 Å². The van der Waals surface area contributed by atoms with Gasteiger partial charge in [0.1, 0.15) is 0 Å². The molecular formula is C16H21N3O6S. The van der Waals surface area contributed by atoms with Crippen LogP contribution in [0.5, 0.6) is 0 Å². The van der Waals surface area contributed by atoms with Crippen LogP contribution in [0.4, 0.5) is 4.79 Å². The van der Waals surface area contributed by atoms with Gasteiger partial charge in [-0.05, 0) is 37.5 Å². The lowest BCUT2D eigenvalue weighted by molar-refractivity contribution is -0.123. The van der Waals surface area contributed by atoms with Gasteiger partial charge in [0, 0.05) is 6.04 Å². The number of rotatable bonds is 5. The zero-order valence-corrected chi connectivity index (χ0v) is 15.1. The molecule has 26 heavy (non-hydrogen) atoms. The third-order valence-electron chi connectivity index (χ3n) is 4.01. The predicted molar refractivity (Wildman–Crippen MR) is 91.8 cm³/mol. The Morgan fingerprint density at radius 2 is 1.88 bits per heavy atom. The summed E-state index contributed by atoms with van der Waals surface area (Å²) in [5.74, 6) is -1.69. The molecular weight excluding hydrogens is 362 g/mol. The van der Waals surface area contributed by atoms with Gasteiger partial charge in [0.15, 0.2) is 6.61 Å². The Balaban J connectivity index is 1.88. The van der Waals surface area contributed by atoms with E-state index in [1.165, 1.54) is 19.1 Å². The van der Waals surface area contributed by atoms with Crippen molar-refractivity contribution in [3.8, 4) is 0 Å². The molecule has 0 bridgehead atoms. The normalized spacial score (nSPS) is 14.7. The van der Waals surface area contributed by atoms with Gasteiger partial charge in [0.05, 0.1) is 10.5 Å². The molecule has 1 aromatic rings. The maximum Gasteiger partial charge on any atom is 0.338 e. The first-order valence-electron chi connectivity index (χ1n) is 8.08. The van der Waals surface area contributed by atoms with Crippen LogP contribution >= 0.6 is 0 Å². The van der Waals surface area contributed by atoms with Crippen LogP contribution in [0.25, 0.3) is 0 Å². The van der Waals surface area contributed by atoms with Crippen LogP contribution in [-0.2, 0) is 19.6 Å². The monoisotopic (exact) mass is 383 g/mol. The van der Waals surface area contributed by atoms with Crippen molar-refractivity contribution in [2.45, 2.75) is 43.5 Å². The van der Waals surface area contributed by atoms with E-state index in [1.807, 2.05) is 0 Å². The smallest absolute Gasteiger partial charge is 0.338 e. The summed E-state index contributed by atoms with van der Waals surface area (Å²) >= 11 is 0. The summed E-state index contributed by atoms with van der Waals surface area (Å²) in [7, 11) is -3.99. The second-order valence-corrected chi connectivity index (χ2v) is 7.63. The number of hydrogen-bond donors (Lipinski definition) is 3. The third-order valence-corrected chi connectivity index (χ3v) is 5.06. The highest BCUT2D eigenvalue weighted by molar-refractivity contribution is 7.89. The molecule has 1 aliphatic rings. The highest BCUT2D eigenvalue weighted by atomic mass is 32.2. The Morgan fingerprint density at radius 3 is 2.50 bits per heavy atom. The maximum atomic E-state index is 12.0. The van der Waals surface area contributed by atoms with E-state index in [4.69, 9.17) is 9.88 Å². The van der Waals surface area contributed by atoms with Crippen LogP contribution in [-0.4, -0.2) is 39.0 Å². The molecule has 0 saturated heterocycles. The molecule has 0 spiro atoms. The van der Waals surface area contributed by atoms with Crippen LogP contribution in [0, 0.1) is 6.92 Å². The molecule has 1 aliphatic carbocycles. The van der Waals surface area contributed by atoms with Crippen molar-refractivity contribution in [2.24, 2.45) is 5.14 Å². The largest absolute Gasteiger partial charge is 0.452 e. The molecule has 3 amide bonds. The van der Waals surface area contributed by atoms with Gasteiger partial charge in [0.2, 0.25) is 10.0 Å². The standard InChI is InChI=1S/C16H21N3O6S/c1-10-6-7-11(8-13(10)26(17,23)24)15(21)25-9-14(20)19-16(22)18-12-4-2-3-5-12/h6-8,12H,2-5,9H2,1H3,(H2,17,23,24)(H2,18,19,20,22). The van der Waals surface area contributed by atoms with Gasteiger partial charge >= 0.3 is 12.0 Å². The molecule has 0 aromatic heterocycles. The molecule has 10 heteroatoms. The van der Waals surface area contributed by atoms with E-state index in [2.05, 4.69) is 10.6 Å². The number of carbonyl (C=O) groups is 3. The summed E-state index contributed by atoms with van der Waals surface area (Å²) < 4.78 is 27.8. The summed E-state index contributed by atoms with van der Waals surface area (Å²) in [5.41, 5.74) is 0.313. The van der Waals surface area contributed by atoms with Gasteiger partial charge in [-0.25, -0.2) is 23.1 Å². The Hall–Kier alpha value is -2.46. The number of carbonyl (C=O) groups excluding carboxylic acids is 3. The fraction of sp³-hybridized carbons (Fsp3) is 0.438. The minimum absolute atomic E-state index is 0.0505. The molecule has 2 rings (SSSR count). The number of amides is 3. The zero-order chi connectivity index (χ0) is 19.3. The third kappa shape index (κ3) is 5.53. The van der Waals surface area contributed by atoms with Crippen LogP contribution in [0.15, 0.2) is 23.1 Å². The number of urea groups is 1. The fourth-order valence-electron chi connectivity index (χ4n) is 2.70. The number of imide groups is 1. The SMILES string of the molecule is Cc1ccc(C(=O)OCC(=O)NC(=O)NC2CCCC2)cc1S(N)(=O)=O. The number of primary sulfonamides is 1. The minimum atomic E-state index is -3.99. The molecule has 4 N–H and O–H groups in total. The second-order valence-electron chi connectivity index (χ2n) is 6.10. The van der Waals surface area contributed by atoms with Crippen molar-refractivity contribution in [3.63, 3.8) is 0 Å². The first kappa shape index (κ1) is 19.9. The first-order valence-corrected chi connectivity index (χ1v) is 9.62. The molecule has 142 valence electrons. The number of ether oxygens (including phenoxy) is 1. The first-order chi connectivity index (χ1) is 12.2. The fourth-order valence-corrected chi connectivity index (χ4v) is 3.51. The lowest BCUT2D eigenvalue weighted by Gasteiger charge is -2.12. The number of nitrogens with two attached hydrogens (primary N) is 1. The summed E-state index contributed by atoms with van der Waals surface area (Å²) in [4.78, 5) is 35.1. The van der Waals surface area contributed by atoms with Crippen LogP contribution < -0.4 is 15.8 Å². The number of nitrogens with one attached hydrogen (secondary N) is 2. The predicted octanol–water partition coefficient (Wildman–Crippen LogP) is 0.568. The van der Waals surface area contributed by atoms with Crippen LogP contribution in [0.2, 0.25) is 0 Å². The summed E-state index contributed by atoms with van der Waals surface area (Å²) in [5, 5.41) is 9.83. The summed E-state index contributed by atoms with van der Waals surface area (Å²) in [6.45, 7) is 0.862. The van der Waals surface area contributed by atoms with Crippen LogP contribution in [0.1, 0.15) is 41.6 Å². The average Bonchev–Trinajstić information content (AvgIpc) is 3.04. The van der Waals surface area contributed by atoms with E-state index in [0.717, 1.165) is 31.7 Å². The van der Waals surface area contributed by atoms with Gasteiger partial charge in [-0.2, -0.15) is 0 Å².